The summed E-state index contributed by atoms with van der Waals surface area (Å²) in [5.74, 6) is 7.16. The lowest BCUT2D eigenvalue weighted by molar-refractivity contribution is -0.00693. The van der Waals surface area contributed by atoms with E-state index in [4.69, 9.17) is 11.6 Å². The van der Waals surface area contributed by atoms with Gasteiger partial charge in [-0.2, -0.15) is 0 Å². The van der Waals surface area contributed by atoms with Gasteiger partial charge < -0.3 is 4.57 Å². The van der Waals surface area contributed by atoms with Gasteiger partial charge in [0, 0.05) is 12.5 Å². The molecule has 3 nitrogen and oxygen atoms in total. The summed E-state index contributed by atoms with van der Waals surface area (Å²) in [5, 5.41) is 8.95. The lowest BCUT2D eigenvalue weighted by atomic mass is 9.51. The highest BCUT2D eigenvalue weighted by molar-refractivity contribution is 6.16. The van der Waals surface area contributed by atoms with Crippen LogP contribution in [-0.2, 0) is 12.4 Å². The predicted molar refractivity (Wildman–Crippen MR) is 79.7 cm³/mol. The largest absolute Gasteiger partial charge is 0.314 e. The summed E-state index contributed by atoms with van der Waals surface area (Å²) in [7, 11) is 0. The summed E-state index contributed by atoms with van der Waals surface area (Å²) in [6, 6.07) is 0. The summed E-state index contributed by atoms with van der Waals surface area (Å²) >= 11 is 6.05. The third kappa shape index (κ3) is 1.93. The highest BCUT2D eigenvalue weighted by Crippen LogP contribution is 2.59. The molecule has 4 bridgehead atoms. The van der Waals surface area contributed by atoms with E-state index in [1.54, 1.807) is 0 Å². The molecule has 1 heterocycles. The van der Waals surface area contributed by atoms with E-state index in [1.807, 2.05) is 0 Å². The van der Waals surface area contributed by atoms with Crippen molar-refractivity contribution in [3.63, 3.8) is 0 Å². The maximum absolute atomic E-state index is 6.05. The SMILES string of the molecule is CCCn1c(CCl)nnc1C1C2CC3CC(C2)CC1C3. The number of hydrogen-bond donors (Lipinski definition) is 0. The fourth-order valence-corrected chi connectivity index (χ4v) is 5.71. The Morgan fingerprint density at radius 1 is 1.05 bits per heavy atom. The first kappa shape index (κ1) is 13.1. The summed E-state index contributed by atoms with van der Waals surface area (Å²) in [6.07, 6.45) is 8.38. The monoisotopic (exact) mass is 293 g/mol. The first-order chi connectivity index (χ1) is 9.80. The molecule has 0 N–H and O–H groups in total. The van der Waals surface area contributed by atoms with Crippen molar-refractivity contribution in [2.45, 2.75) is 63.8 Å². The molecule has 110 valence electrons. The van der Waals surface area contributed by atoms with Gasteiger partial charge >= 0.3 is 0 Å². The van der Waals surface area contributed by atoms with Crippen LogP contribution in [0.4, 0.5) is 0 Å². The molecular weight excluding hydrogens is 270 g/mol. The molecule has 4 fully saturated rings. The van der Waals surface area contributed by atoms with E-state index in [2.05, 4.69) is 21.7 Å². The zero-order valence-electron chi connectivity index (χ0n) is 12.3. The predicted octanol–water partition coefficient (Wildman–Crippen LogP) is 3.97. The van der Waals surface area contributed by atoms with E-state index in [0.717, 1.165) is 42.5 Å². The van der Waals surface area contributed by atoms with Gasteiger partial charge in [0.2, 0.25) is 0 Å². The molecule has 1 aromatic rings. The van der Waals surface area contributed by atoms with Gasteiger partial charge in [-0.1, -0.05) is 6.92 Å². The normalized spacial score (nSPS) is 38.6. The molecule has 5 rings (SSSR count). The second-order valence-corrected chi connectivity index (χ2v) is 7.48. The van der Waals surface area contributed by atoms with Crippen molar-refractivity contribution in [3.8, 4) is 0 Å². The van der Waals surface area contributed by atoms with Crippen LogP contribution in [0.15, 0.2) is 0 Å². The first-order valence-corrected chi connectivity index (χ1v) is 8.81. The van der Waals surface area contributed by atoms with Crippen molar-refractivity contribution in [3.05, 3.63) is 11.6 Å². The Morgan fingerprint density at radius 2 is 1.70 bits per heavy atom. The van der Waals surface area contributed by atoms with Crippen LogP contribution in [0.5, 0.6) is 0 Å². The molecule has 0 saturated heterocycles. The maximum Gasteiger partial charge on any atom is 0.147 e. The van der Waals surface area contributed by atoms with Crippen molar-refractivity contribution < 1.29 is 0 Å². The number of halogens is 1. The third-order valence-electron chi connectivity index (χ3n) is 5.95. The zero-order valence-corrected chi connectivity index (χ0v) is 13.0. The van der Waals surface area contributed by atoms with Gasteiger partial charge in [0.1, 0.15) is 11.6 Å². The molecule has 20 heavy (non-hydrogen) atoms. The van der Waals surface area contributed by atoms with Crippen molar-refractivity contribution >= 4 is 11.6 Å². The average Bonchev–Trinajstić information content (AvgIpc) is 2.81. The quantitative estimate of drug-likeness (QED) is 0.787. The number of alkyl halides is 1. The summed E-state index contributed by atoms with van der Waals surface area (Å²) in [6.45, 7) is 3.24. The highest BCUT2D eigenvalue weighted by atomic mass is 35.5. The lowest BCUT2D eigenvalue weighted by Gasteiger charge is -2.54. The first-order valence-electron chi connectivity index (χ1n) is 8.28. The summed E-state index contributed by atoms with van der Waals surface area (Å²) in [4.78, 5) is 0. The zero-order chi connectivity index (χ0) is 13.7. The Balaban J connectivity index is 1.69. The smallest absolute Gasteiger partial charge is 0.147 e. The van der Waals surface area contributed by atoms with Crippen molar-refractivity contribution in [2.75, 3.05) is 0 Å². The topological polar surface area (TPSA) is 30.7 Å². The summed E-state index contributed by atoms with van der Waals surface area (Å²) < 4.78 is 2.33. The molecule has 1 aromatic heterocycles. The standard InChI is InChI=1S/C16H24ClN3/c1-2-3-20-14(9-17)18-19-16(20)15-12-5-10-4-11(7-12)8-13(15)6-10/h10-13,15H,2-9H2,1H3. The van der Waals surface area contributed by atoms with Gasteiger partial charge in [-0.05, 0) is 62.2 Å². The second kappa shape index (κ2) is 5.01. The molecule has 0 amide bonds. The molecule has 0 aliphatic heterocycles. The molecular formula is C16H24ClN3. The van der Waals surface area contributed by atoms with Gasteiger partial charge in [-0.3, -0.25) is 0 Å². The number of nitrogens with zero attached hydrogens (tertiary/aromatic N) is 3. The van der Waals surface area contributed by atoms with Crippen LogP contribution in [0, 0.1) is 23.7 Å². The molecule has 4 aliphatic rings. The van der Waals surface area contributed by atoms with E-state index in [9.17, 15) is 0 Å². The molecule has 0 atom stereocenters. The van der Waals surface area contributed by atoms with E-state index >= 15 is 0 Å². The van der Waals surface area contributed by atoms with Crippen LogP contribution >= 0.6 is 11.6 Å². The van der Waals surface area contributed by atoms with Gasteiger partial charge in [-0.15, -0.1) is 21.8 Å². The molecule has 4 aliphatic carbocycles. The van der Waals surface area contributed by atoms with Crippen LogP contribution < -0.4 is 0 Å². The Bertz CT molecular complexity index is 468. The minimum Gasteiger partial charge on any atom is -0.314 e. The van der Waals surface area contributed by atoms with Gasteiger partial charge in [0.05, 0.1) is 5.88 Å². The lowest BCUT2D eigenvalue weighted by Crippen LogP contribution is -2.44. The highest BCUT2D eigenvalue weighted by Gasteiger charge is 2.50. The second-order valence-electron chi connectivity index (χ2n) is 7.22. The Morgan fingerprint density at radius 3 is 2.25 bits per heavy atom. The fourth-order valence-electron chi connectivity index (χ4n) is 5.51. The van der Waals surface area contributed by atoms with Crippen LogP contribution in [0.25, 0.3) is 0 Å². The summed E-state index contributed by atoms with van der Waals surface area (Å²) in [5.41, 5.74) is 0. The maximum atomic E-state index is 6.05. The van der Waals surface area contributed by atoms with Crippen LogP contribution in [0.3, 0.4) is 0 Å². The van der Waals surface area contributed by atoms with E-state index < -0.39 is 0 Å². The molecule has 4 heteroatoms. The molecule has 0 radical (unpaired) electrons. The molecule has 0 unspecified atom stereocenters. The third-order valence-corrected chi connectivity index (χ3v) is 6.19. The van der Waals surface area contributed by atoms with Crippen LogP contribution in [0.2, 0.25) is 0 Å². The van der Waals surface area contributed by atoms with Crippen molar-refractivity contribution in [1.29, 1.82) is 0 Å². The molecule has 0 spiro atoms. The van der Waals surface area contributed by atoms with E-state index in [0.29, 0.717) is 11.8 Å². The Labute approximate surface area is 126 Å². The van der Waals surface area contributed by atoms with Crippen LogP contribution in [0.1, 0.15) is 63.0 Å². The molecule has 4 saturated carbocycles. The number of hydrogen-bond acceptors (Lipinski definition) is 2. The van der Waals surface area contributed by atoms with Gasteiger partial charge in [0.25, 0.3) is 0 Å². The van der Waals surface area contributed by atoms with Crippen molar-refractivity contribution in [1.82, 2.24) is 14.8 Å². The minimum atomic E-state index is 0.486. The van der Waals surface area contributed by atoms with E-state index in [1.165, 1.54) is 37.9 Å². The average molecular weight is 294 g/mol. The minimum absolute atomic E-state index is 0.486. The number of rotatable bonds is 4. The Hall–Kier alpha value is -0.570. The van der Waals surface area contributed by atoms with Gasteiger partial charge in [0.15, 0.2) is 0 Å². The Kier molecular flexibility index (Phi) is 3.29. The fraction of sp³-hybridized carbons (Fsp3) is 0.875. The van der Waals surface area contributed by atoms with Gasteiger partial charge in [-0.25, -0.2) is 0 Å². The van der Waals surface area contributed by atoms with Crippen LogP contribution in [-0.4, -0.2) is 14.8 Å². The van der Waals surface area contributed by atoms with Crippen molar-refractivity contribution in [2.24, 2.45) is 23.7 Å². The van der Waals surface area contributed by atoms with E-state index in [-0.39, 0.29) is 0 Å². The molecule has 0 aromatic carbocycles. The number of aromatic nitrogens is 3.